The Morgan fingerprint density at radius 1 is 1.04 bits per heavy atom. The first-order valence-electron chi connectivity index (χ1n) is 8.68. The summed E-state index contributed by atoms with van der Waals surface area (Å²) in [7, 11) is 4.34. The van der Waals surface area contributed by atoms with E-state index in [0.717, 1.165) is 0 Å². The number of fused-ring (bicyclic) bond motifs is 1. The molecule has 0 fully saturated rings. The van der Waals surface area contributed by atoms with E-state index >= 15 is 0 Å². The molecule has 7 heteroatoms. The average molecular weight is 382 g/mol. The molecule has 0 bridgehead atoms. The van der Waals surface area contributed by atoms with E-state index in [9.17, 15) is 9.59 Å². The summed E-state index contributed by atoms with van der Waals surface area (Å²) in [6.45, 7) is 3.38. The topological polar surface area (TPSA) is 79.7 Å². The smallest absolute Gasteiger partial charge is 0.349 e. The predicted molar refractivity (Wildman–Crippen MR) is 105 cm³/mol. The molecule has 0 aliphatic rings. The van der Waals surface area contributed by atoms with Gasteiger partial charge in [0.15, 0.2) is 17.0 Å². The SMILES string of the molecule is COC(=O)C(C)(c1ccccc1)n1c(=O)nc(C)c2cc(OC)c(OC)cc21. The molecule has 1 unspecified atom stereocenters. The minimum atomic E-state index is -1.42. The Morgan fingerprint density at radius 3 is 2.21 bits per heavy atom. The number of carbonyl (C=O) groups excluding carboxylic acids is 1. The number of aromatic nitrogens is 2. The minimum absolute atomic E-state index is 0.439. The van der Waals surface area contributed by atoms with E-state index in [0.29, 0.717) is 33.7 Å². The summed E-state index contributed by atoms with van der Waals surface area (Å²) in [5.41, 5.74) is -0.366. The number of hydrogen-bond donors (Lipinski definition) is 0. The quantitative estimate of drug-likeness (QED) is 0.631. The first kappa shape index (κ1) is 19.4. The van der Waals surface area contributed by atoms with Gasteiger partial charge in [0, 0.05) is 11.5 Å². The second-order valence-corrected chi connectivity index (χ2v) is 6.47. The fourth-order valence-electron chi connectivity index (χ4n) is 3.43. The van der Waals surface area contributed by atoms with Gasteiger partial charge in [-0.25, -0.2) is 9.59 Å². The van der Waals surface area contributed by atoms with Gasteiger partial charge in [-0.05, 0) is 25.5 Å². The predicted octanol–water partition coefficient (Wildman–Crippen LogP) is 2.66. The van der Waals surface area contributed by atoms with Crippen molar-refractivity contribution in [3.8, 4) is 11.5 Å². The normalized spacial score (nSPS) is 13.0. The van der Waals surface area contributed by atoms with Crippen LogP contribution in [0.5, 0.6) is 11.5 Å². The molecule has 0 saturated heterocycles. The Balaban J connectivity index is 2.49. The Morgan fingerprint density at radius 2 is 1.64 bits per heavy atom. The number of carbonyl (C=O) groups is 1. The summed E-state index contributed by atoms with van der Waals surface area (Å²) in [6, 6.07) is 12.4. The van der Waals surface area contributed by atoms with Gasteiger partial charge in [-0.2, -0.15) is 4.98 Å². The largest absolute Gasteiger partial charge is 0.493 e. The molecular weight excluding hydrogens is 360 g/mol. The molecule has 2 aromatic carbocycles. The number of esters is 1. The highest BCUT2D eigenvalue weighted by atomic mass is 16.5. The zero-order valence-electron chi connectivity index (χ0n) is 16.5. The maximum Gasteiger partial charge on any atom is 0.349 e. The second-order valence-electron chi connectivity index (χ2n) is 6.47. The van der Waals surface area contributed by atoms with E-state index in [1.807, 2.05) is 6.07 Å². The first-order chi connectivity index (χ1) is 13.4. The third-order valence-electron chi connectivity index (χ3n) is 4.95. The highest BCUT2D eigenvalue weighted by Gasteiger charge is 2.41. The molecule has 0 N–H and O–H groups in total. The van der Waals surface area contributed by atoms with Gasteiger partial charge in [0.05, 0.1) is 32.5 Å². The van der Waals surface area contributed by atoms with Crippen LogP contribution in [-0.4, -0.2) is 36.8 Å². The highest BCUT2D eigenvalue weighted by molar-refractivity contribution is 5.89. The summed E-state index contributed by atoms with van der Waals surface area (Å²) < 4.78 is 17.2. The molecule has 0 saturated carbocycles. The molecule has 28 heavy (non-hydrogen) atoms. The molecule has 146 valence electrons. The average Bonchev–Trinajstić information content (AvgIpc) is 2.72. The fourth-order valence-corrected chi connectivity index (χ4v) is 3.43. The van der Waals surface area contributed by atoms with Crippen LogP contribution in [0.4, 0.5) is 0 Å². The van der Waals surface area contributed by atoms with Gasteiger partial charge < -0.3 is 14.2 Å². The first-order valence-corrected chi connectivity index (χ1v) is 8.68. The van der Waals surface area contributed by atoms with Gasteiger partial charge in [-0.15, -0.1) is 0 Å². The summed E-state index contributed by atoms with van der Waals surface area (Å²) in [5, 5.41) is 0.670. The van der Waals surface area contributed by atoms with Gasteiger partial charge in [-0.1, -0.05) is 30.3 Å². The van der Waals surface area contributed by atoms with Gasteiger partial charge in [0.2, 0.25) is 0 Å². The summed E-state index contributed by atoms with van der Waals surface area (Å²) in [6.07, 6.45) is 0. The lowest BCUT2D eigenvalue weighted by molar-refractivity contribution is -0.148. The van der Waals surface area contributed by atoms with E-state index in [2.05, 4.69) is 4.98 Å². The zero-order chi connectivity index (χ0) is 20.5. The number of methoxy groups -OCH3 is 3. The van der Waals surface area contributed by atoms with Crippen molar-refractivity contribution in [2.24, 2.45) is 0 Å². The molecule has 0 amide bonds. The molecule has 3 aromatic rings. The van der Waals surface area contributed by atoms with Crippen LogP contribution in [0.1, 0.15) is 18.2 Å². The molecule has 1 heterocycles. The maximum atomic E-state index is 13.0. The third-order valence-corrected chi connectivity index (χ3v) is 4.95. The number of rotatable bonds is 5. The Hall–Kier alpha value is -3.35. The molecule has 0 aliphatic heterocycles. The van der Waals surface area contributed by atoms with Crippen molar-refractivity contribution in [2.75, 3.05) is 21.3 Å². The van der Waals surface area contributed by atoms with Crippen LogP contribution >= 0.6 is 0 Å². The summed E-state index contributed by atoms with van der Waals surface area (Å²) >= 11 is 0. The molecule has 1 atom stereocenters. The van der Waals surface area contributed by atoms with E-state index in [-0.39, 0.29) is 0 Å². The van der Waals surface area contributed by atoms with Crippen LogP contribution in [0.2, 0.25) is 0 Å². The molecular formula is C21H22N2O5. The lowest BCUT2D eigenvalue weighted by Gasteiger charge is -2.31. The maximum absolute atomic E-state index is 13.0. The van der Waals surface area contributed by atoms with Crippen LogP contribution in [0, 0.1) is 6.92 Å². The number of aryl methyl sites for hydroxylation is 1. The van der Waals surface area contributed by atoms with E-state index in [4.69, 9.17) is 14.2 Å². The summed E-state index contributed by atoms with van der Waals surface area (Å²) in [5.74, 6) is 0.362. The lowest BCUT2D eigenvalue weighted by Crippen LogP contribution is -2.47. The van der Waals surface area contributed by atoms with Crippen molar-refractivity contribution in [1.82, 2.24) is 9.55 Å². The number of nitrogens with zero attached hydrogens (tertiary/aromatic N) is 2. The van der Waals surface area contributed by atoms with E-state index in [1.165, 1.54) is 25.9 Å². The van der Waals surface area contributed by atoms with Crippen molar-refractivity contribution in [2.45, 2.75) is 19.4 Å². The van der Waals surface area contributed by atoms with Crippen molar-refractivity contribution in [3.05, 3.63) is 64.2 Å². The Bertz CT molecular complexity index is 1090. The molecule has 1 aromatic heterocycles. The second kappa shape index (κ2) is 7.34. The standard InChI is InChI=1S/C21H22N2O5/c1-13-15-11-17(26-3)18(27-4)12-16(15)23(20(25)22-13)21(2,19(24)28-5)14-9-7-6-8-10-14/h6-12H,1-5H3. The lowest BCUT2D eigenvalue weighted by atomic mass is 9.91. The fraction of sp³-hybridized carbons (Fsp3) is 0.286. The minimum Gasteiger partial charge on any atom is -0.493 e. The van der Waals surface area contributed by atoms with Crippen LogP contribution in [0.15, 0.2) is 47.3 Å². The van der Waals surface area contributed by atoms with Crippen molar-refractivity contribution >= 4 is 16.9 Å². The van der Waals surface area contributed by atoms with Crippen molar-refractivity contribution in [3.63, 3.8) is 0 Å². The number of benzene rings is 2. The number of hydrogen-bond acceptors (Lipinski definition) is 6. The Labute approximate surface area is 162 Å². The highest BCUT2D eigenvalue weighted by Crippen LogP contribution is 2.36. The van der Waals surface area contributed by atoms with Gasteiger partial charge in [0.1, 0.15) is 0 Å². The van der Waals surface area contributed by atoms with Crippen LogP contribution in [-0.2, 0) is 15.1 Å². The van der Waals surface area contributed by atoms with Crippen LogP contribution < -0.4 is 15.2 Å². The Kier molecular flexibility index (Phi) is 5.09. The van der Waals surface area contributed by atoms with Crippen molar-refractivity contribution in [1.29, 1.82) is 0 Å². The monoisotopic (exact) mass is 382 g/mol. The van der Waals surface area contributed by atoms with Gasteiger partial charge in [0.25, 0.3) is 0 Å². The molecule has 0 aliphatic carbocycles. The van der Waals surface area contributed by atoms with E-state index < -0.39 is 17.2 Å². The molecule has 0 radical (unpaired) electrons. The van der Waals surface area contributed by atoms with Crippen LogP contribution in [0.3, 0.4) is 0 Å². The van der Waals surface area contributed by atoms with Crippen molar-refractivity contribution < 1.29 is 19.0 Å². The number of ether oxygens (including phenoxy) is 3. The van der Waals surface area contributed by atoms with E-state index in [1.54, 1.807) is 50.2 Å². The van der Waals surface area contributed by atoms with Gasteiger partial charge >= 0.3 is 11.7 Å². The molecule has 0 spiro atoms. The molecule has 7 nitrogen and oxygen atoms in total. The third kappa shape index (κ3) is 2.89. The van der Waals surface area contributed by atoms with Crippen LogP contribution in [0.25, 0.3) is 10.9 Å². The zero-order valence-corrected chi connectivity index (χ0v) is 16.5. The molecule has 3 rings (SSSR count). The van der Waals surface area contributed by atoms with Gasteiger partial charge in [-0.3, -0.25) is 4.57 Å². The summed E-state index contributed by atoms with van der Waals surface area (Å²) in [4.78, 5) is 30.1.